The van der Waals surface area contributed by atoms with Crippen molar-refractivity contribution in [2.24, 2.45) is 5.92 Å². The van der Waals surface area contributed by atoms with Crippen molar-refractivity contribution in [2.75, 3.05) is 26.2 Å². The molecule has 2 amide bonds. The second-order valence-electron chi connectivity index (χ2n) is 7.59. The number of nitrogens with zero attached hydrogens (tertiary/aromatic N) is 4. The minimum absolute atomic E-state index is 0.0575. The van der Waals surface area contributed by atoms with Crippen LogP contribution in [0.3, 0.4) is 0 Å². The zero-order chi connectivity index (χ0) is 18.1. The Bertz CT molecular complexity index is 822. The summed E-state index contributed by atoms with van der Waals surface area (Å²) in [6, 6.07) is 5.64. The van der Waals surface area contributed by atoms with Crippen LogP contribution in [-0.2, 0) is 0 Å². The van der Waals surface area contributed by atoms with Crippen molar-refractivity contribution in [3.8, 4) is 0 Å². The van der Waals surface area contributed by atoms with E-state index in [9.17, 15) is 9.59 Å². The number of hydrogen-bond donors (Lipinski definition) is 0. The van der Waals surface area contributed by atoms with Gasteiger partial charge < -0.3 is 9.80 Å². The van der Waals surface area contributed by atoms with E-state index in [1.807, 2.05) is 34.2 Å². The zero-order valence-electron chi connectivity index (χ0n) is 15.4. The predicted molar refractivity (Wildman–Crippen MR) is 99.2 cm³/mol. The molecule has 4 rings (SSSR count). The number of carbonyl (C=O) groups excluding carboxylic acids is 2. The molecule has 6 heteroatoms. The topological polar surface area (TPSA) is 57.9 Å². The van der Waals surface area contributed by atoms with Crippen molar-refractivity contribution in [1.82, 2.24) is 19.2 Å². The summed E-state index contributed by atoms with van der Waals surface area (Å²) in [6.45, 7) is 5.25. The minimum atomic E-state index is -0.0723. The first-order chi connectivity index (χ1) is 12.6. The van der Waals surface area contributed by atoms with E-state index in [-0.39, 0.29) is 11.8 Å². The van der Waals surface area contributed by atoms with Gasteiger partial charge in [0.2, 0.25) is 5.82 Å². The molecule has 1 atom stereocenters. The third-order valence-corrected chi connectivity index (χ3v) is 5.53. The maximum atomic E-state index is 13.1. The van der Waals surface area contributed by atoms with Gasteiger partial charge in [0.05, 0.1) is 5.52 Å². The molecule has 0 N–H and O–H groups in total. The van der Waals surface area contributed by atoms with Crippen LogP contribution in [0.5, 0.6) is 0 Å². The van der Waals surface area contributed by atoms with Gasteiger partial charge in [-0.25, -0.2) is 4.98 Å². The molecular formula is C20H26N4O2. The molecule has 2 fully saturated rings. The second kappa shape index (κ2) is 7.09. The van der Waals surface area contributed by atoms with Gasteiger partial charge in [-0.15, -0.1) is 0 Å². The molecule has 2 aliphatic rings. The Labute approximate surface area is 153 Å². The van der Waals surface area contributed by atoms with E-state index in [1.165, 1.54) is 6.42 Å². The van der Waals surface area contributed by atoms with Crippen molar-refractivity contribution in [1.29, 1.82) is 0 Å². The van der Waals surface area contributed by atoms with Gasteiger partial charge in [0.15, 0.2) is 5.69 Å². The van der Waals surface area contributed by atoms with E-state index < -0.39 is 0 Å². The average molecular weight is 354 g/mol. The van der Waals surface area contributed by atoms with E-state index in [0.29, 0.717) is 17.4 Å². The molecular weight excluding hydrogens is 328 g/mol. The number of fused-ring (bicyclic) bond motifs is 1. The van der Waals surface area contributed by atoms with Gasteiger partial charge in [0.1, 0.15) is 0 Å². The lowest BCUT2D eigenvalue weighted by molar-refractivity contribution is 0.0679. The fraction of sp³-hybridized carbons (Fsp3) is 0.550. The first-order valence-corrected chi connectivity index (χ1v) is 9.71. The highest BCUT2D eigenvalue weighted by atomic mass is 16.2. The molecule has 0 radical (unpaired) electrons. The van der Waals surface area contributed by atoms with Gasteiger partial charge >= 0.3 is 0 Å². The van der Waals surface area contributed by atoms with Crippen LogP contribution in [0.15, 0.2) is 24.4 Å². The van der Waals surface area contributed by atoms with Gasteiger partial charge in [0, 0.05) is 32.4 Å². The summed E-state index contributed by atoms with van der Waals surface area (Å²) in [5.41, 5.74) is 1.12. The van der Waals surface area contributed by atoms with Crippen molar-refractivity contribution >= 4 is 17.3 Å². The Morgan fingerprint density at radius 1 is 1.00 bits per heavy atom. The monoisotopic (exact) mass is 354 g/mol. The minimum Gasteiger partial charge on any atom is -0.337 e. The van der Waals surface area contributed by atoms with Crippen LogP contribution < -0.4 is 0 Å². The summed E-state index contributed by atoms with van der Waals surface area (Å²) in [5, 5.41) is 0. The van der Waals surface area contributed by atoms with Gasteiger partial charge in [-0.2, -0.15) is 0 Å². The van der Waals surface area contributed by atoms with Crippen molar-refractivity contribution in [3.05, 3.63) is 35.9 Å². The Balaban J connectivity index is 1.69. The predicted octanol–water partition coefficient (Wildman–Crippen LogP) is 2.83. The Morgan fingerprint density at radius 2 is 1.77 bits per heavy atom. The Morgan fingerprint density at radius 3 is 2.54 bits per heavy atom. The van der Waals surface area contributed by atoms with E-state index in [1.54, 1.807) is 4.40 Å². The highest BCUT2D eigenvalue weighted by molar-refractivity contribution is 6.02. The molecule has 2 saturated heterocycles. The summed E-state index contributed by atoms with van der Waals surface area (Å²) >= 11 is 0. The maximum absolute atomic E-state index is 13.1. The smallest absolute Gasteiger partial charge is 0.290 e. The summed E-state index contributed by atoms with van der Waals surface area (Å²) in [7, 11) is 0. The number of pyridine rings is 1. The quantitative estimate of drug-likeness (QED) is 0.833. The molecule has 0 spiro atoms. The van der Waals surface area contributed by atoms with E-state index in [0.717, 1.165) is 57.4 Å². The lowest BCUT2D eigenvalue weighted by atomic mass is 10.00. The summed E-state index contributed by atoms with van der Waals surface area (Å²) in [6.07, 6.45) is 7.25. The van der Waals surface area contributed by atoms with Crippen LogP contribution in [0, 0.1) is 5.92 Å². The molecule has 0 aromatic carbocycles. The fourth-order valence-electron chi connectivity index (χ4n) is 4.11. The fourth-order valence-corrected chi connectivity index (χ4v) is 4.11. The first kappa shape index (κ1) is 17.1. The number of rotatable bonds is 2. The summed E-state index contributed by atoms with van der Waals surface area (Å²) in [5.74, 6) is 0.738. The molecule has 1 unspecified atom stereocenters. The number of aromatic nitrogens is 2. The van der Waals surface area contributed by atoms with E-state index in [4.69, 9.17) is 0 Å². The van der Waals surface area contributed by atoms with Crippen LogP contribution >= 0.6 is 0 Å². The summed E-state index contributed by atoms with van der Waals surface area (Å²) in [4.78, 5) is 34.4. The SMILES string of the molecule is CC1CCCN(C(=O)c2nc(C(=O)N3CCCCC3)n3ccccc23)C1. The second-order valence-corrected chi connectivity index (χ2v) is 7.59. The third-order valence-electron chi connectivity index (χ3n) is 5.53. The highest BCUT2D eigenvalue weighted by Crippen LogP contribution is 2.22. The number of piperidine rings is 2. The first-order valence-electron chi connectivity index (χ1n) is 9.71. The number of imidazole rings is 1. The normalized spacial score (nSPS) is 21.2. The number of carbonyl (C=O) groups is 2. The lowest BCUT2D eigenvalue weighted by Crippen LogP contribution is -2.39. The number of hydrogen-bond acceptors (Lipinski definition) is 3. The molecule has 2 aliphatic heterocycles. The molecule has 6 nitrogen and oxygen atoms in total. The van der Waals surface area contributed by atoms with E-state index in [2.05, 4.69) is 11.9 Å². The van der Waals surface area contributed by atoms with Crippen LogP contribution in [-0.4, -0.2) is 57.2 Å². The standard InChI is InChI=1S/C20H26N4O2/c1-15-8-7-12-23(14-15)19(25)17-16-9-3-6-13-24(16)18(21-17)20(26)22-10-4-2-5-11-22/h3,6,9,13,15H,2,4-5,7-8,10-12,14H2,1H3. The molecule has 26 heavy (non-hydrogen) atoms. The van der Waals surface area contributed by atoms with Crippen molar-refractivity contribution < 1.29 is 9.59 Å². The van der Waals surface area contributed by atoms with Gasteiger partial charge in [-0.05, 0) is 50.2 Å². The molecule has 0 saturated carbocycles. The van der Waals surface area contributed by atoms with E-state index >= 15 is 0 Å². The van der Waals surface area contributed by atoms with Crippen molar-refractivity contribution in [2.45, 2.75) is 39.0 Å². The maximum Gasteiger partial charge on any atom is 0.290 e. The largest absolute Gasteiger partial charge is 0.337 e. The Kier molecular flexibility index (Phi) is 4.66. The van der Waals surface area contributed by atoms with Crippen LogP contribution in [0.1, 0.15) is 60.1 Å². The summed E-state index contributed by atoms with van der Waals surface area (Å²) < 4.78 is 1.78. The molecule has 138 valence electrons. The lowest BCUT2D eigenvalue weighted by Gasteiger charge is -2.30. The van der Waals surface area contributed by atoms with Crippen LogP contribution in [0.2, 0.25) is 0 Å². The van der Waals surface area contributed by atoms with Crippen molar-refractivity contribution in [3.63, 3.8) is 0 Å². The highest BCUT2D eigenvalue weighted by Gasteiger charge is 2.29. The van der Waals surface area contributed by atoms with Gasteiger partial charge in [-0.3, -0.25) is 14.0 Å². The molecule has 2 aromatic rings. The van der Waals surface area contributed by atoms with Gasteiger partial charge in [0.25, 0.3) is 11.8 Å². The molecule has 0 aliphatic carbocycles. The average Bonchev–Trinajstić information content (AvgIpc) is 3.07. The Hall–Kier alpha value is -2.37. The number of likely N-dealkylation sites (tertiary alicyclic amines) is 2. The molecule has 2 aromatic heterocycles. The third kappa shape index (κ3) is 3.08. The van der Waals surface area contributed by atoms with Crippen LogP contribution in [0.25, 0.3) is 5.52 Å². The van der Waals surface area contributed by atoms with Gasteiger partial charge in [-0.1, -0.05) is 13.0 Å². The molecule has 0 bridgehead atoms. The molecule has 4 heterocycles. The van der Waals surface area contributed by atoms with Crippen LogP contribution in [0.4, 0.5) is 0 Å². The zero-order valence-corrected chi connectivity index (χ0v) is 15.4. The number of amides is 2.